The number of ether oxygens (including phenoxy) is 1. The first-order valence-corrected chi connectivity index (χ1v) is 8.80. The van der Waals surface area contributed by atoms with Gasteiger partial charge in [0.25, 0.3) is 0 Å². The molecule has 1 heterocycles. The summed E-state index contributed by atoms with van der Waals surface area (Å²) in [5.74, 6) is -0.0867. The second-order valence-corrected chi connectivity index (χ2v) is 7.15. The molecule has 1 amide bonds. The predicted molar refractivity (Wildman–Crippen MR) is 89.1 cm³/mol. The lowest BCUT2D eigenvalue weighted by atomic mass is 9.73. The zero-order valence-corrected chi connectivity index (χ0v) is 14.2. The lowest BCUT2D eigenvalue weighted by molar-refractivity contribution is -0.141. The van der Waals surface area contributed by atoms with Crippen molar-refractivity contribution in [1.29, 1.82) is 0 Å². The molecule has 1 saturated carbocycles. The molecule has 3 rings (SSSR count). The first-order valence-electron chi connectivity index (χ1n) is 8.80. The zero-order chi connectivity index (χ0) is 17.2. The third kappa shape index (κ3) is 3.33. The number of carbonyl (C=O) groups is 1. The van der Waals surface area contributed by atoms with Crippen molar-refractivity contribution < 1.29 is 19.0 Å². The van der Waals surface area contributed by atoms with Crippen LogP contribution >= 0.6 is 0 Å². The molecule has 1 aromatic rings. The van der Waals surface area contributed by atoms with E-state index in [1.807, 2.05) is 7.05 Å². The quantitative estimate of drug-likeness (QED) is 0.920. The van der Waals surface area contributed by atoms with Crippen LogP contribution in [0.3, 0.4) is 0 Å². The summed E-state index contributed by atoms with van der Waals surface area (Å²) in [4.78, 5) is 15.1. The Bertz CT molecular complexity index is 568. The number of nitrogens with zero attached hydrogens (tertiary/aromatic N) is 1. The van der Waals surface area contributed by atoms with E-state index in [0.717, 1.165) is 24.8 Å². The van der Waals surface area contributed by atoms with Gasteiger partial charge < -0.3 is 14.7 Å². The fourth-order valence-corrected chi connectivity index (χ4v) is 4.15. The van der Waals surface area contributed by atoms with Crippen molar-refractivity contribution in [2.75, 3.05) is 26.8 Å². The summed E-state index contributed by atoms with van der Waals surface area (Å²) in [7, 11) is 1.81. The van der Waals surface area contributed by atoms with Gasteiger partial charge in [-0.05, 0) is 43.4 Å². The molecule has 4 nitrogen and oxygen atoms in total. The Labute approximate surface area is 142 Å². The summed E-state index contributed by atoms with van der Waals surface area (Å²) in [6.07, 6.45) is 3.71. The summed E-state index contributed by atoms with van der Waals surface area (Å²) >= 11 is 0. The molecule has 2 unspecified atom stereocenters. The number of halogens is 1. The molecule has 1 aliphatic carbocycles. The molecule has 1 saturated heterocycles. The number of hydrogen-bond donors (Lipinski definition) is 1. The van der Waals surface area contributed by atoms with E-state index in [0.29, 0.717) is 32.6 Å². The van der Waals surface area contributed by atoms with Crippen LogP contribution in [-0.2, 0) is 14.9 Å². The number of likely N-dealkylation sites (N-methyl/N-ethyl adjacent to an activating group) is 1. The molecule has 132 valence electrons. The average molecular weight is 335 g/mol. The molecule has 0 radical (unpaired) electrons. The van der Waals surface area contributed by atoms with Crippen molar-refractivity contribution in [3.63, 3.8) is 0 Å². The van der Waals surface area contributed by atoms with Gasteiger partial charge in [-0.1, -0.05) is 18.6 Å². The van der Waals surface area contributed by atoms with Crippen LogP contribution in [0.15, 0.2) is 24.3 Å². The lowest BCUT2D eigenvalue weighted by Crippen LogP contribution is -2.50. The van der Waals surface area contributed by atoms with Crippen LogP contribution in [0.1, 0.15) is 37.7 Å². The fraction of sp³-hybridized carbons (Fsp3) is 0.632. The normalized spacial score (nSPS) is 26.3. The molecule has 5 heteroatoms. The van der Waals surface area contributed by atoms with Crippen molar-refractivity contribution in [3.05, 3.63) is 35.6 Å². The Balaban J connectivity index is 1.82. The number of benzene rings is 1. The summed E-state index contributed by atoms with van der Waals surface area (Å²) in [5, 5.41) is 10.0. The largest absolute Gasteiger partial charge is 0.393 e. The minimum Gasteiger partial charge on any atom is -0.393 e. The van der Waals surface area contributed by atoms with Gasteiger partial charge in [0.15, 0.2) is 0 Å². The van der Waals surface area contributed by atoms with Crippen molar-refractivity contribution in [2.45, 2.75) is 43.6 Å². The maximum Gasteiger partial charge on any atom is 0.233 e. The Kier molecular flexibility index (Phi) is 5.21. The lowest BCUT2D eigenvalue weighted by Gasteiger charge is -2.39. The minimum absolute atomic E-state index is 0.0523. The number of hydrogen-bond acceptors (Lipinski definition) is 3. The summed E-state index contributed by atoms with van der Waals surface area (Å²) in [6.45, 7) is 1.63. The van der Waals surface area contributed by atoms with Crippen LogP contribution in [-0.4, -0.2) is 48.8 Å². The number of carbonyl (C=O) groups excluding carboxylic acids is 1. The highest BCUT2D eigenvalue weighted by Crippen LogP contribution is 2.37. The number of amides is 1. The third-order valence-corrected chi connectivity index (χ3v) is 5.63. The van der Waals surface area contributed by atoms with Crippen molar-refractivity contribution in [1.82, 2.24) is 4.90 Å². The average Bonchev–Trinajstić information content (AvgIpc) is 3.00. The molecule has 1 aliphatic heterocycles. The second kappa shape index (κ2) is 7.19. The highest BCUT2D eigenvalue weighted by Gasteiger charge is 2.44. The summed E-state index contributed by atoms with van der Waals surface area (Å²) in [5.41, 5.74) is 0.209. The van der Waals surface area contributed by atoms with E-state index in [1.165, 1.54) is 12.1 Å². The predicted octanol–water partition coefficient (Wildman–Crippen LogP) is 2.49. The first-order chi connectivity index (χ1) is 11.5. The first kappa shape index (κ1) is 17.4. The molecular weight excluding hydrogens is 309 g/mol. The second-order valence-electron chi connectivity index (χ2n) is 7.15. The Morgan fingerprint density at radius 3 is 2.54 bits per heavy atom. The van der Waals surface area contributed by atoms with Crippen molar-refractivity contribution in [3.8, 4) is 0 Å². The molecule has 1 N–H and O–H groups in total. The van der Waals surface area contributed by atoms with Gasteiger partial charge in [0.05, 0.1) is 11.5 Å². The van der Waals surface area contributed by atoms with Crippen LogP contribution in [0, 0.1) is 11.7 Å². The maximum atomic E-state index is 13.3. The van der Waals surface area contributed by atoms with Crippen LogP contribution in [0.4, 0.5) is 4.39 Å². The van der Waals surface area contributed by atoms with E-state index >= 15 is 0 Å². The molecule has 24 heavy (non-hydrogen) atoms. The van der Waals surface area contributed by atoms with E-state index in [2.05, 4.69) is 0 Å². The van der Waals surface area contributed by atoms with Crippen LogP contribution in [0.25, 0.3) is 0 Å². The SMILES string of the molecule is CN(CC1CCCC1O)C(=O)C1(c2ccc(F)cc2)CCOCC1. The molecule has 0 aromatic heterocycles. The van der Waals surface area contributed by atoms with E-state index in [4.69, 9.17) is 4.74 Å². The molecule has 2 atom stereocenters. The van der Waals surface area contributed by atoms with Gasteiger partial charge in [-0.3, -0.25) is 4.79 Å². The van der Waals surface area contributed by atoms with Crippen molar-refractivity contribution >= 4 is 5.91 Å². The topological polar surface area (TPSA) is 49.8 Å². The van der Waals surface area contributed by atoms with Gasteiger partial charge in [-0.2, -0.15) is 0 Å². The van der Waals surface area contributed by atoms with E-state index in [9.17, 15) is 14.3 Å². The Morgan fingerprint density at radius 2 is 1.96 bits per heavy atom. The molecule has 0 bridgehead atoms. The van der Waals surface area contributed by atoms with Gasteiger partial charge in [-0.25, -0.2) is 4.39 Å². The fourth-order valence-electron chi connectivity index (χ4n) is 4.15. The third-order valence-electron chi connectivity index (χ3n) is 5.63. The number of aliphatic hydroxyl groups excluding tert-OH is 1. The maximum absolute atomic E-state index is 13.3. The number of rotatable bonds is 4. The van der Waals surface area contributed by atoms with Crippen molar-refractivity contribution in [2.24, 2.45) is 5.92 Å². The molecule has 1 aromatic carbocycles. The van der Waals surface area contributed by atoms with E-state index in [-0.39, 0.29) is 23.7 Å². The highest BCUT2D eigenvalue weighted by molar-refractivity contribution is 5.88. The van der Waals surface area contributed by atoms with Gasteiger partial charge in [0.2, 0.25) is 5.91 Å². The van der Waals surface area contributed by atoms with Crippen LogP contribution in [0.5, 0.6) is 0 Å². The van der Waals surface area contributed by atoms with Gasteiger partial charge in [0, 0.05) is 32.7 Å². The monoisotopic (exact) mass is 335 g/mol. The van der Waals surface area contributed by atoms with Gasteiger partial charge in [0.1, 0.15) is 5.82 Å². The summed E-state index contributed by atoms with van der Waals surface area (Å²) < 4.78 is 18.8. The smallest absolute Gasteiger partial charge is 0.233 e. The highest BCUT2D eigenvalue weighted by atomic mass is 19.1. The van der Waals surface area contributed by atoms with Crippen LogP contribution < -0.4 is 0 Å². The van der Waals surface area contributed by atoms with Gasteiger partial charge in [-0.15, -0.1) is 0 Å². The summed E-state index contributed by atoms with van der Waals surface area (Å²) in [6, 6.07) is 6.27. The van der Waals surface area contributed by atoms with Crippen LogP contribution in [0.2, 0.25) is 0 Å². The Hall–Kier alpha value is -1.46. The molecule has 2 fully saturated rings. The molecule has 0 spiro atoms. The molecule has 2 aliphatic rings. The standard InChI is InChI=1S/C19H26FNO3/c1-21(13-14-3-2-4-17(14)22)18(23)19(9-11-24-12-10-19)15-5-7-16(20)8-6-15/h5-8,14,17,22H,2-4,9-13H2,1H3. The Morgan fingerprint density at radius 1 is 1.29 bits per heavy atom. The van der Waals surface area contributed by atoms with E-state index in [1.54, 1.807) is 17.0 Å². The molecular formula is C19H26FNO3. The van der Waals surface area contributed by atoms with Gasteiger partial charge >= 0.3 is 0 Å². The number of aliphatic hydroxyl groups is 1. The zero-order valence-electron chi connectivity index (χ0n) is 14.2. The van der Waals surface area contributed by atoms with E-state index < -0.39 is 5.41 Å². The minimum atomic E-state index is -0.649.